The number of rotatable bonds is 7. The number of carbonyl (C=O) groups is 1. The van der Waals surface area contributed by atoms with Crippen LogP contribution in [0.25, 0.3) is 0 Å². The number of thioether (sulfide) groups is 1. The number of amides is 1. The summed E-state index contributed by atoms with van der Waals surface area (Å²) in [5.74, 6) is 1.88. The van der Waals surface area contributed by atoms with E-state index in [1.165, 1.54) is 11.3 Å². The van der Waals surface area contributed by atoms with Crippen LogP contribution < -0.4 is 0 Å². The van der Waals surface area contributed by atoms with E-state index >= 15 is 0 Å². The molecule has 0 bridgehead atoms. The quantitative estimate of drug-likeness (QED) is 0.719. The van der Waals surface area contributed by atoms with Gasteiger partial charge in [0.25, 0.3) is 5.91 Å². The smallest absolute Gasteiger partial charge is 0.255 e. The highest BCUT2D eigenvalue weighted by atomic mass is 32.2. The van der Waals surface area contributed by atoms with Gasteiger partial charge in [-0.1, -0.05) is 30.3 Å². The van der Waals surface area contributed by atoms with Crippen LogP contribution in [0.2, 0.25) is 0 Å². The lowest BCUT2D eigenvalue weighted by Gasteiger charge is -2.30. The minimum Gasteiger partial charge on any atom is -0.338 e. The maximum Gasteiger partial charge on any atom is 0.255 e. The van der Waals surface area contributed by atoms with Crippen LogP contribution in [0.4, 0.5) is 0 Å². The van der Waals surface area contributed by atoms with Crippen LogP contribution in [0.15, 0.2) is 54.9 Å². The van der Waals surface area contributed by atoms with Gasteiger partial charge in [0.15, 0.2) is 0 Å². The van der Waals surface area contributed by atoms with Crippen molar-refractivity contribution in [2.24, 2.45) is 11.3 Å². The monoisotopic (exact) mass is 395 g/mol. The van der Waals surface area contributed by atoms with Crippen LogP contribution in [0, 0.1) is 11.3 Å². The minimum absolute atomic E-state index is 0.136. The second-order valence-corrected chi connectivity index (χ2v) is 9.19. The Balaban J connectivity index is 1.49. The molecule has 2 aliphatic heterocycles. The molecule has 0 aliphatic carbocycles. The van der Waals surface area contributed by atoms with Crippen molar-refractivity contribution in [2.45, 2.75) is 12.8 Å². The number of aromatic nitrogens is 1. The molecule has 0 saturated carbocycles. The summed E-state index contributed by atoms with van der Waals surface area (Å²) in [6, 6.07) is 14.5. The topological polar surface area (TPSA) is 36.4 Å². The molecule has 4 rings (SSSR count). The van der Waals surface area contributed by atoms with Crippen LogP contribution in [-0.4, -0.2) is 65.4 Å². The lowest BCUT2D eigenvalue weighted by molar-refractivity contribution is 0.0757. The van der Waals surface area contributed by atoms with Crippen molar-refractivity contribution in [3.8, 4) is 0 Å². The Bertz CT molecular complexity index is 785. The predicted octanol–water partition coefficient (Wildman–Crippen LogP) is 3.45. The average molecular weight is 396 g/mol. The molecule has 3 heterocycles. The summed E-state index contributed by atoms with van der Waals surface area (Å²) in [7, 11) is 0. The van der Waals surface area contributed by atoms with Gasteiger partial charge in [0, 0.05) is 56.3 Å². The van der Waals surface area contributed by atoms with E-state index in [1.807, 2.05) is 23.9 Å². The van der Waals surface area contributed by atoms with E-state index in [1.54, 1.807) is 12.4 Å². The molecule has 0 spiro atoms. The first-order valence-corrected chi connectivity index (χ1v) is 11.5. The van der Waals surface area contributed by atoms with Gasteiger partial charge in [-0.15, -0.1) is 0 Å². The Kier molecular flexibility index (Phi) is 6.02. The molecule has 1 aromatic heterocycles. The Labute approximate surface area is 172 Å². The molecule has 5 heteroatoms. The molecule has 1 amide bonds. The fourth-order valence-electron chi connectivity index (χ4n) is 4.90. The predicted molar refractivity (Wildman–Crippen MR) is 116 cm³/mol. The Morgan fingerprint density at radius 1 is 1.18 bits per heavy atom. The number of nitrogens with zero attached hydrogens (tertiary/aromatic N) is 3. The zero-order valence-corrected chi connectivity index (χ0v) is 17.4. The number of benzene rings is 1. The van der Waals surface area contributed by atoms with Crippen LogP contribution in [0.5, 0.6) is 0 Å². The van der Waals surface area contributed by atoms with Crippen LogP contribution in [0.1, 0.15) is 22.3 Å². The summed E-state index contributed by atoms with van der Waals surface area (Å²) >= 11 is 1.92. The molecule has 2 atom stereocenters. The van der Waals surface area contributed by atoms with E-state index in [0.717, 1.165) is 45.6 Å². The van der Waals surface area contributed by atoms with Crippen molar-refractivity contribution in [3.05, 3.63) is 66.0 Å². The summed E-state index contributed by atoms with van der Waals surface area (Å²) < 4.78 is 0. The maximum atomic E-state index is 13.0. The molecule has 2 aromatic rings. The molecule has 0 N–H and O–H groups in total. The number of hydrogen-bond acceptors (Lipinski definition) is 4. The van der Waals surface area contributed by atoms with Crippen molar-refractivity contribution in [1.82, 2.24) is 14.8 Å². The molecular formula is C23H29N3OS. The first-order chi connectivity index (χ1) is 13.7. The SMILES string of the molecule is CSCCN1C[C@H]2CN(C(=O)c3cccnc3)C[C@@]2(CCc2ccccc2)C1. The summed E-state index contributed by atoms with van der Waals surface area (Å²) in [4.78, 5) is 21.9. The van der Waals surface area contributed by atoms with E-state index in [-0.39, 0.29) is 11.3 Å². The summed E-state index contributed by atoms with van der Waals surface area (Å²) in [6.45, 7) is 5.13. The van der Waals surface area contributed by atoms with Gasteiger partial charge in [-0.2, -0.15) is 11.8 Å². The van der Waals surface area contributed by atoms with Crippen molar-refractivity contribution in [3.63, 3.8) is 0 Å². The fraction of sp³-hybridized carbons (Fsp3) is 0.478. The van der Waals surface area contributed by atoms with Crippen molar-refractivity contribution >= 4 is 17.7 Å². The lowest BCUT2D eigenvalue weighted by atomic mass is 9.76. The standard InChI is InChI=1S/C23H29N3OS/c1-28-13-12-25-15-21-16-26(22(27)20-8-5-11-24-14-20)18-23(21,17-25)10-9-19-6-3-2-4-7-19/h2-8,11,14,21H,9-10,12-13,15-18H2,1H3/t21-,23+/m0/s1. The van der Waals surface area contributed by atoms with Gasteiger partial charge >= 0.3 is 0 Å². The van der Waals surface area contributed by atoms with Gasteiger partial charge in [0.05, 0.1) is 5.56 Å². The van der Waals surface area contributed by atoms with E-state index in [9.17, 15) is 4.79 Å². The highest BCUT2D eigenvalue weighted by molar-refractivity contribution is 7.98. The zero-order valence-electron chi connectivity index (χ0n) is 16.6. The largest absolute Gasteiger partial charge is 0.338 e. The number of hydrogen-bond donors (Lipinski definition) is 0. The Morgan fingerprint density at radius 2 is 2.04 bits per heavy atom. The third-order valence-corrected chi connectivity index (χ3v) is 6.98. The number of pyridine rings is 1. The van der Waals surface area contributed by atoms with Gasteiger partial charge in [0.2, 0.25) is 0 Å². The van der Waals surface area contributed by atoms with Gasteiger partial charge in [-0.25, -0.2) is 0 Å². The molecule has 4 nitrogen and oxygen atoms in total. The average Bonchev–Trinajstić information content (AvgIpc) is 3.25. The first kappa shape index (κ1) is 19.5. The van der Waals surface area contributed by atoms with Crippen molar-refractivity contribution in [2.75, 3.05) is 44.7 Å². The van der Waals surface area contributed by atoms with Gasteiger partial charge in [-0.05, 0) is 42.7 Å². The normalized spacial score (nSPS) is 24.5. The molecule has 0 radical (unpaired) electrons. The summed E-state index contributed by atoms with van der Waals surface area (Å²) in [5.41, 5.74) is 2.32. The molecule has 2 aliphatic rings. The van der Waals surface area contributed by atoms with Gasteiger partial charge < -0.3 is 9.80 Å². The van der Waals surface area contributed by atoms with E-state index < -0.39 is 0 Å². The van der Waals surface area contributed by atoms with E-state index in [2.05, 4.69) is 51.4 Å². The lowest BCUT2D eigenvalue weighted by Crippen LogP contribution is -2.37. The number of aryl methyl sites for hydroxylation is 1. The number of carbonyl (C=O) groups excluding carboxylic acids is 1. The second-order valence-electron chi connectivity index (χ2n) is 8.20. The first-order valence-electron chi connectivity index (χ1n) is 10.1. The second kappa shape index (κ2) is 8.66. The van der Waals surface area contributed by atoms with Gasteiger partial charge in [0.1, 0.15) is 0 Å². The molecule has 2 fully saturated rings. The van der Waals surface area contributed by atoms with E-state index in [0.29, 0.717) is 11.5 Å². The summed E-state index contributed by atoms with van der Waals surface area (Å²) in [6.07, 6.45) is 7.82. The number of likely N-dealkylation sites (tertiary alicyclic amines) is 2. The highest BCUT2D eigenvalue weighted by Gasteiger charge is 2.52. The molecule has 0 unspecified atom stereocenters. The minimum atomic E-state index is 0.136. The zero-order chi connectivity index (χ0) is 19.4. The highest BCUT2D eigenvalue weighted by Crippen LogP contribution is 2.46. The van der Waals surface area contributed by atoms with Crippen molar-refractivity contribution in [1.29, 1.82) is 0 Å². The van der Waals surface area contributed by atoms with Crippen LogP contribution >= 0.6 is 11.8 Å². The summed E-state index contributed by atoms with van der Waals surface area (Å²) in [5, 5.41) is 0. The van der Waals surface area contributed by atoms with E-state index in [4.69, 9.17) is 0 Å². The Morgan fingerprint density at radius 3 is 2.79 bits per heavy atom. The number of fused-ring (bicyclic) bond motifs is 1. The molecule has 1 aromatic carbocycles. The Hall–Kier alpha value is -1.85. The third kappa shape index (κ3) is 4.11. The molecule has 28 heavy (non-hydrogen) atoms. The third-order valence-electron chi connectivity index (χ3n) is 6.39. The molecule has 2 saturated heterocycles. The molecular weight excluding hydrogens is 366 g/mol. The van der Waals surface area contributed by atoms with Crippen LogP contribution in [0.3, 0.4) is 0 Å². The molecule has 148 valence electrons. The van der Waals surface area contributed by atoms with Crippen LogP contribution in [-0.2, 0) is 6.42 Å². The fourth-order valence-corrected chi connectivity index (χ4v) is 5.34. The maximum absolute atomic E-state index is 13.0. The van der Waals surface area contributed by atoms with Crippen molar-refractivity contribution < 1.29 is 4.79 Å². The van der Waals surface area contributed by atoms with Gasteiger partial charge in [-0.3, -0.25) is 9.78 Å².